The van der Waals surface area contributed by atoms with Gasteiger partial charge >= 0.3 is 0 Å². The standard InChI is InChI=1S/C58H36N2S/c1-3-17-37(18-4-1)51-33-39(34-52(59-51)38-19-5-2-6-20-38)40-31-32-54(44-24-8-7-21-41(40)44)60-53-29-15-11-25-45(53)46-35-57-50(36-55(46)60)58(49-28-14-16-30-56(49)61-57)47-26-12-9-22-42(47)43-23-10-13-27-48(43)58/h1-36H. The second-order valence-electron chi connectivity index (χ2n) is 16.2. The molecule has 13 rings (SSSR count). The Hall–Kier alpha value is -7.46. The summed E-state index contributed by atoms with van der Waals surface area (Å²) in [6.07, 6.45) is 0. The number of fused-ring (bicyclic) bond motifs is 13. The Balaban J connectivity index is 1.08. The summed E-state index contributed by atoms with van der Waals surface area (Å²) in [6.45, 7) is 0. The molecule has 0 N–H and O–H groups in total. The molecule has 0 bridgehead atoms. The van der Waals surface area contributed by atoms with Crippen LogP contribution >= 0.6 is 11.8 Å². The summed E-state index contributed by atoms with van der Waals surface area (Å²) in [5, 5.41) is 4.92. The van der Waals surface area contributed by atoms with Crippen molar-refractivity contribution in [1.29, 1.82) is 0 Å². The van der Waals surface area contributed by atoms with E-state index >= 15 is 0 Å². The molecular formula is C58H36N2S. The van der Waals surface area contributed by atoms with Crippen molar-refractivity contribution in [3.05, 3.63) is 241 Å². The molecule has 1 aliphatic heterocycles. The van der Waals surface area contributed by atoms with Crippen LogP contribution in [0.1, 0.15) is 22.3 Å². The van der Waals surface area contributed by atoms with E-state index in [2.05, 4.69) is 223 Å². The van der Waals surface area contributed by atoms with Crippen LogP contribution in [0.25, 0.3) is 83.0 Å². The first-order valence-corrected chi connectivity index (χ1v) is 21.8. The van der Waals surface area contributed by atoms with Gasteiger partial charge in [-0.25, -0.2) is 4.98 Å². The summed E-state index contributed by atoms with van der Waals surface area (Å²) in [7, 11) is 0. The van der Waals surface area contributed by atoms with E-state index in [1.165, 1.54) is 81.3 Å². The summed E-state index contributed by atoms with van der Waals surface area (Å²) in [5.41, 5.74) is 17.6. The van der Waals surface area contributed by atoms with Crippen molar-refractivity contribution in [2.45, 2.75) is 15.2 Å². The van der Waals surface area contributed by atoms with Crippen molar-refractivity contribution in [3.63, 3.8) is 0 Å². The van der Waals surface area contributed by atoms with Gasteiger partial charge in [-0.15, -0.1) is 0 Å². The van der Waals surface area contributed by atoms with Crippen LogP contribution in [0.5, 0.6) is 0 Å². The summed E-state index contributed by atoms with van der Waals surface area (Å²) in [6, 6.07) is 80.3. The molecule has 3 heteroatoms. The lowest BCUT2D eigenvalue weighted by Crippen LogP contribution is -2.32. The summed E-state index contributed by atoms with van der Waals surface area (Å²) < 4.78 is 2.53. The van der Waals surface area contributed by atoms with E-state index in [9.17, 15) is 0 Å². The first-order valence-electron chi connectivity index (χ1n) is 21.0. The fraction of sp³-hybridized carbons (Fsp3) is 0.0172. The molecule has 2 aromatic heterocycles. The summed E-state index contributed by atoms with van der Waals surface area (Å²) >= 11 is 1.91. The lowest BCUT2D eigenvalue weighted by atomic mass is 9.67. The average molecular weight is 793 g/mol. The molecule has 9 aromatic carbocycles. The average Bonchev–Trinajstić information content (AvgIpc) is 3.81. The highest BCUT2D eigenvalue weighted by atomic mass is 32.2. The van der Waals surface area contributed by atoms with Gasteiger partial charge in [0.05, 0.1) is 33.5 Å². The maximum Gasteiger partial charge on any atom is 0.0736 e. The number of pyridine rings is 1. The highest BCUT2D eigenvalue weighted by Crippen LogP contribution is 2.62. The predicted octanol–water partition coefficient (Wildman–Crippen LogP) is 15.2. The van der Waals surface area contributed by atoms with Crippen molar-refractivity contribution in [3.8, 4) is 50.5 Å². The second kappa shape index (κ2) is 13.3. The van der Waals surface area contributed by atoms with Crippen molar-refractivity contribution in [2.75, 3.05) is 0 Å². The van der Waals surface area contributed by atoms with E-state index in [1.807, 2.05) is 11.8 Å². The van der Waals surface area contributed by atoms with Crippen molar-refractivity contribution in [2.24, 2.45) is 0 Å². The maximum absolute atomic E-state index is 5.21. The Labute approximate surface area is 358 Å². The zero-order valence-corrected chi connectivity index (χ0v) is 33.9. The Morgan fingerprint density at radius 3 is 1.59 bits per heavy atom. The smallest absolute Gasteiger partial charge is 0.0736 e. The number of hydrogen-bond donors (Lipinski definition) is 0. The molecule has 0 amide bonds. The van der Waals surface area contributed by atoms with Gasteiger partial charge in [-0.1, -0.05) is 188 Å². The van der Waals surface area contributed by atoms with Gasteiger partial charge in [0.15, 0.2) is 0 Å². The molecule has 1 spiro atoms. The fourth-order valence-corrected chi connectivity index (χ4v) is 11.7. The van der Waals surface area contributed by atoms with E-state index in [-0.39, 0.29) is 0 Å². The Morgan fingerprint density at radius 1 is 0.344 bits per heavy atom. The normalized spacial score (nSPS) is 13.3. The second-order valence-corrected chi connectivity index (χ2v) is 17.3. The molecule has 0 fully saturated rings. The number of benzene rings is 9. The fourth-order valence-electron chi connectivity index (χ4n) is 10.5. The van der Waals surface area contributed by atoms with Gasteiger partial charge in [-0.05, 0) is 92.4 Å². The molecule has 3 heterocycles. The van der Waals surface area contributed by atoms with E-state index in [4.69, 9.17) is 4.98 Å². The molecule has 0 unspecified atom stereocenters. The number of hydrogen-bond acceptors (Lipinski definition) is 2. The van der Waals surface area contributed by atoms with E-state index in [1.54, 1.807) is 0 Å². The van der Waals surface area contributed by atoms with E-state index < -0.39 is 5.41 Å². The third-order valence-corrected chi connectivity index (χ3v) is 14.2. The van der Waals surface area contributed by atoms with Crippen LogP contribution in [-0.2, 0) is 5.41 Å². The summed E-state index contributed by atoms with van der Waals surface area (Å²) in [5.74, 6) is 0. The quantitative estimate of drug-likeness (QED) is 0.177. The molecule has 1 aliphatic carbocycles. The molecule has 61 heavy (non-hydrogen) atoms. The van der Waals surface area contributed by atoms with Gasteiger partial charge in [0.1, 0.15) is 0 Å². The van der Waals surface area contributed by atoms with Crippen LogP contribution in [0.15, 0.2) is 228 Å². The summed E-state index contributed by atoms with van der Waals surface area (Å²) in [4.78, 5) is 7.83. The predicted molar refractivity (Wildman–Crippen MR) is 254 cm³/mol. The Morgan fingerprint density at radius 2 is 0.902 bits per heavy atom. The van der Waals surface area contributed by atoms with Crippen LogP contribution < -0.4 is 0 Å². The lowest BCUT2D eigenvalue weighted by Gasteiger charge is -2.39. The van der Waals surface area contributed by atoms with E-state index in [0.717, 1.165) is 33.8 Å². The zero-order chi connectivity index (χ0) is 40.1. The molecule has 0 radical (unpaired) electrons. The first-order chi connectivity index (χ1) is 30.3. The van der Waals surface area contributed by atoms with Gasteiger partial charge in [-0.2, -0.15) is 0 Å². The minimum atomic E-state index is -0.458. The Bertz CT molecular complexity index is 3460. The number of aromatic nitrogens is 2. The van der Waals surface area contributed by atoms with Crippen molar-refractivity contribution >= 4 is 44.3 Å². The molecule has 284 valence electrons. The molecule has 0 atom stereocenters. The lowest BCUT2D eigenvalue weighted by molar-refractivity contribution is 0.724. The molecule has 2 nitrogen and oxygen atoms in total. The van der Waals surface area contributed by atoms with Crippen LogP contribution in [0.3, 0.4) is 0 Å². The highest BCUT2D eigenvalue weighted by molar-refractivity contribution is 7.99. The molecule has 0 saturated heterocycles. The minimum absolute atomic E-state index is 0.458. The SMILES string of the molecule is c1ccc(-c2cc(-c3ccc(-n4c5ccccc5c5cc6c(cc54)C4(c5ccccc5S6)c5ccccc5-c5ccccc54)c4ccccc34)cc(-c3ccccc3)n2)cc1. The number of rotatable bonds is 4. The minimum Gasteiger partial charge on any atom is -0.309 e. The zero-order valence-electron chi connectivity index (χ0n) is 33.1. The van der Waals surface area contributed by atoms with Crippen LogP contribution in [0.4, 0.5) is 0 Å². The van der Waals surface area contributed by atoms with Crippen LogP contribution in [0.2, 0.25) is 0 Å². The van der Waals surface area contributed by atoms with Crippen molar-refractivity contribution < 1.29 is 0 Å². The van der Waals surface area contributed by atoms with Gasteiger partial charge in [0.25, 0.3) is 0 Å². The van der Waals surface area contributed by atoms with Crippen LogP contribution in [-0.4, -0.2) is 9.55 Å². The molecular weight excluding hydrogens is 757 g/mol. The topological polar surface area (TPSA) is 17.8 Å². The number of nitrogens with zero attached hydrogens (tertiary/aromatic N) is 2. The van der Waals surface area contributed by atoms with Gasteiger partial charge in [0.2, 0.25) is 0 Å². The number of para-hydroxylation sites is 1. The third-order valence-electron chi connectivity index (χ3n) is 13.1. The monoisotopic (exact) mass is 792 g/mol. The Kier molecular flexibility index (Phi) is 7.49. The van der Waals surface area contributed by atoms with Gasteiger partial charge in [0, 0.05) is 37.1 Å². The first kappa shape index (κ1) is 34.4. The molecule has 11 aromatic rings. The molecule has 2 aliphatic rings. The van der Waals surface area contributed by atoms with Crippen LogP contribution in [0, 0.1) is 0 Å². The van der Waals surface area contributed by atoms with Crippen molar-refractivity contribution in [1.82, 2.24) is 9.55 Å². The van der Waals surface area contributed by atoms with E-state index in [0.29, 0.717) is 0 Å². The maximum atomic E-state index is 5.21. The van der Waals surface area contributed by atoms with Gasteiger partial charge < -0.3 is 4.57 Å². The van der Waals surface area contributed by atoms with Gasteiger partial charge in [-0.3, -0.25) is 0 Å². The largest absolute Gasteiger partial charge is 0.309 e. The third kappa shape index (κ3) is 4.96. The molecule has 0 saturated carbocycles. The highest BCUT2D eigenvalue weighted by Gasteiger charge is 2.50.